The third-order valence-electron chi connectivity index (χ3n) is 3.72. The average Bonchev–Trinajstić information content (AvgIpc) is 3.03. The minimum atomic E-state index is -0.968. The molecule has 0 aliphatic carbocycles. The van der Waals surface area contributed by atoms with Crippen molar-refractivity contribution in [2.45, 2.75) is 12.2 Å². The van der Waals surface area contributed by atoms with Crippen molar-refractivity contribution in [1.82, 2.24) is 5.32 Å². The van der Waals surface area contributed by atoms with Gasteiger partial charge in [-0.3, -0.25) is 0 Å². The Hall–Kier alpha value is -2.02. The van der Waals surface area contributed by atoms with Crippen molar-refractivity contribution >= 4 is 21.4 Å². The lowest BCUT2D eigenvalue weighted by molar-refractivity contribution is 0.0355. The lowest BCUT2D eigenvalue weighted by Crippen LogP contribution is -2.33. The van der Waals surface area contributed by atoms with Crippen LogP contribution < -0.4 is 10.1 Å². The zero-order chi connectivity index (χ0) is 17.1. The zero-order valence-electron chi connectivity index (χ0n) is 13.0. The molecule has 0 radical (unpaired) electrons. The van der Waals surface area contributed by atoms with Gasteiger partial charge in [0.1, 0.15) is 11.9 Å². The minimum Gasteiger partial charge on any atom is -0.479 e. The molecule has 0 bridgehead atoms. The largest absolute Gasteiger partial charge is 0.479 e. The summed E-state index contributed by atoms with van der Waals surface area (Å²) < 4.78 is 34.6. The third-order valence-corrected chi connectivity index (χ3v) is 4.60. The number of rotatable bonds is 6. The average molecular weight is 349 g/mol. The Morgan fingerprint density at radius 1 is 1.21 bits per heavy atom. The number of thiophene rings is 1. The summed E-state index contributed by atoms with van der Waals surface area (Å²) in [7, 11) is 1.69. The lowest BCUT2D eigenvalue weighted by atomic mass is 10.0. The number of likely N-dealkylation sites (N-methyl/N-ethyl adjacent to an activating group) is 1. The summed E-state index contributed by atoms with van der Waals surface area (Å²) in [4.78, 5) is 0. The molecule has 2 aromatic carbocycles. The Balaban J connectivity index is 2.02. The van der Waals surface area contributed by atoms with E-state index in [1.807, 2.05) is 5.38 Å². The van der Waals surface area contributed by atoms with Gasteiger partial charge in [0.15, 0.2) is 17.7 Å². The molecule has 3 rings (SSSR count). The van der Waals surface area contributed by atoms with Crippen LogP contribution in [-0.4, -0.2) is 24.8 Å². The van der Waals surface area contributed by atoms with E-state index in [-0.39, 0.29) is 12.3 Å². The van der Waals surface area contributed by atoms with Crippen molar-refractivity contribution in [3.05, 3.63) is 65.0 Å². The number of halogens is 2. The summed E-state index contributed by atoms with van der Waals surface area (Å²) in [5.41, 5.74) is 0.449. The van der Waals surface area contributed by atoms with Crippen LogP contribution in [-0.2, 0) is 0 Å². The molecule has 0 aliphatic rings. The van der Waals surface area contributed by atoms with Crippen LogP contribution in [0.25, 0.3) is 10.1 Å². The molecule has 6 heteroatoms. The van der Waals surface area contributed by atoms with E-state index in [1.54, 1.807) is 25.2 Å². The lowest BCUT2D eigenvalue weighted by Gasteiger charge is -2.25. The van der Waals surface area contributed by atoms with Gasteiger partial charge in [-0.25, -0.2) is 8.78 Å². The van der Waals surface area contributed by atoms with E-state index in [9.17, 15) is 13.9 Å². The van der Waals surface area contributed by atoms with Gasteiger partial charge in [-0.05, 0) is 48.3 Å². The molecule has 2 atom stereocenters. The Morgan fingerprint density at radius 2 is 2.04 bits per heavy atom. The second-order valence-electron chi connectivity index (χ2n) is 5.43. The fraction of sp³-hybridized carbons (Fsp3) is 0.222. The first kappa shape index (κ1) is 16.8. The van der Waals surface area contributed by atoms with E-state index in [1.165, 1.54) is 35.6 Å². The van der Waals surface area contributed by atoms with Crippen LogP contribution in [0.2, 0.25) is 0 Å². The Labute approximate surface area is 142 Å². The third kappa shape index (κ3) is 3.40. The van der Waals surface area contributed by atoms with Crippen molar-refractivity contribution in [2.24, 2.45) is 0 Å². The second kappa shape index (κ2) is 7.25. The summed E-state index contributed by atoms with van der Waals surface area (Å²) >= 11 is 1.47. The number of benzene rings is 2. The van der Waals surface area contributed by atoms with Crippen molar-refractivity contribution in [1.29, 1.82) is 0 Å². The zero-order valence-corrected chi connectivity index (χ0v) is 13.8. The van der Waals surface area contributed by atoms with Crippen LogP contribution in [0.4, 0.5) is 8.78 Å². The summed E-state index contributed by atoms with van der Waals surface area (Å²) in [6, 6.07) is 10.6. The maximum atomic E-state index is 14.3. The number of fused-ring (bicyclic) bond motifs is 1. The monoisotopic (exact) mass is 349 g/mol. The quantitative estimate of drug-likeness (QED) is 0.710. The molecule has 0 saturated carbocycles. The Kier molecular flexibility index (Phi) is 5.08. The van der Waals surface area contributed by atoms with Crippen molar-refractivity contribution in [3.63, 3.8) is 0 Å². The SMILES string of the molecule is CNC[C@@H](O)[C@@H](Oc1c(F)ccc2sccc12)c1cccc(F)c1. The highest BCUT2D eigenvalue weighted by Crippen LogP contribution is 2.36. The Bertz CT molecular complexity index is 837. The van der Waals surface area contributed by atoms with Gasteiger partial charge in [-0.2, -0.15) is 0 Å². The molecule has 3 aromatic rings. The number of hydrogen-bond donors (Lipinski definition) is 2. The predicted molar refractivity (Wildman–Crippen MR) is 91.5 cm³/mol. The minimum absolute atomic E-state index is 0.0677. The highest BCUT2D eigenvalue weighted by molar-refractivity contribution is 7.17. The van der Waals surface area contributed by atoms with Crippen molar-refractivity contribution in [2.75, 3.05) is 13.6 Å². The molecule has 126 valence electrons. The molecule has 1 heterocycles. The van der Waals surface area contributed by atoms with Crippen molar-refractivity contribution < 1.29 is 18.6 Å². The van der Waals surface area contributed by atoms with Gasteiger partial charge in [-0.1, -0.05) is 12.1 Å². The predicted octanol–water partition coefficient (Wildman–Crippen LogP) is 3.88. The molecule has 0 saturated heterocycles. The first-order chi connectivity index (χ1) is 11.6. The first-order valence-corrected chi connectivity index (χ1v) is 8.38. The van der Waals surface area contributed by atoms with Gasteiger partial charge in [0.2, 0.25) is 0 Å². The maximum absolute atomic E-state index is 14.3. The fourth-order valence-corrected chi connectivity index (χ4v) is 3.39. The standard InChI is InChI=1S/C18H17F2NO2S/c1-21-10-15(22)17(11-3-2-4-12(19)9-11)23-18-13-7-8-24-16(13)6-5-14(18)20/h2-9,15,17,21-22H,10H2,1H3/t15-,17+/m1/s1. The van der Waals surface area contributed by atoms with E-state index in [4.69, 9.17) is 4.74 Å². The second-order valence-corrected chi connectivity index (χ2v) is 6.38. The number of aliphatic hydroxyl groups is 1. The molecule has 24 heavy (non-hydrogen) atoms. The molecule has 0 unspecified atom stereocenters. The van der Waals surface area contributed by atoms with E-state index < -0.39 is 23.8 Å². The topological polar surface area (TPSA) is 41.5 Å². The van der Waals surface area contributed by atoms with E-state index in [0.717, 1.165) is 4.70 Å². The van der Waals surface area contributed by atoms with Crippen LogP contribution in [0, 0.1) is 11.6 Å². The van der Waals surface area contributed by atoms with E-state index >= 15 is 0 Å². The van der Waals surface area contributed by atoms with Crippen LogP contribution in [0.3, 0.4) is 0 Å². The van der Waals surface area contributed by atoms with Crippen LogP contribution in [0.15, 0.2) is 47.8 Å². The number of aliphatic hydroxyl groups excluding tert-OH is 1. The van der Waals surface area contributed by atoms with E-state index in [0.29, 0.717) is 10.9 Å². The Morgan fingerprint density at radius 3 is 2.79 bits per heavy atom. The molecule has 0 aliphatic heterocycles. The smallest absolute Gasteiger partial charge is 0.165 e. The molecule has 1 aromatic heterocycles. The summed E-state index contributed by atoms with van der Waals surface area (Å²) in [6.45, 7) is 0.225. The van der Waals surface area contributed by atoms with Gasteiger partial charge in [0.25, 0.3) is 0 Å². The number of hydrogen-bond acceptors (Lipinski definition) is 4. The normalized spacial score (nSPS) is 13.8. The van der Waals surface area contributed by atoms with Gasteiger partial charge in [0.05, 0.1) is 0 Å². The fourth-order valence-electron chi connectivity index (χ4n) is 2.61. The van der Waals surface area contributed by atoms with Crippen LogP contribution >= 0.6 is 11.3 Å². The summed E-state index contributed by atoms with van der Waals surface area (Å²) in [6.07, 6.45) is -1.86. The number of nitrogens with one attached hydrogen (secondary N) is 1. The van der Waals surface area contributed by atoms with Gasteiger partial charge in [0, 0.05) is 16.6 Å². The van der Waals surface area contributed by atoms with Gasteiger partial charge >= 0.3 is 0 Å². The van der Waals surface area contributed by atoms with Crippen LogP contribution in [0.5, 0.6) is 5.75 Å². The summed E-state index contributed by atoms with van der Waals surface area (Å²) in [5, 5.41) is 15.7. The molecule has 2 N–H and O–H groups in total. The molecule has 0 fully saturated rings. The van der Waals surface area contributed by atoms with Gasteiger partial charge in [-0.15, -0.1) is 11.3 Å². The number of ether oxygens (including phenoxy) is 1. The maximum Gasteiger partial charge on any atom is 0.165 e. The molecule has 3 nitrogen and oxygen atoms in total. The summed E-state index contributed by atoms with van der Waals surface area (Å²) in [5.74, 6) is -0.885. The molecule has 0 spiro atoms. The molecular formula is C18H17F2NO2S. The molecular weight excluding hydrogens is 332 g/mol. The molecule has 0 amide bonds. The van der Waals surface area contributed by atoms with E-state index in [2.05, 4.69) is 5.32 Å². The van der Waals surface area contributed by atoms with Crippen molar-refractivity contribution in [3.8, 4) is 5.75 Å². The van der Waals surface area contributed by atoms with Gasteiger partial charge < -0.3 is 15.2 Å². The highest BCUT2D eigenvalue weighted by Gasteiger charge is 2.25. The van der Waals surface area contributed by atoms with Crippen LogP contribution in [0.1, 0.15) is 11.7 Å². The first-order valence-electron chi connectivity index (χ1n) is 7.50. The highest BCUT2D eigenvalue weighted by atomic mass is 32.1.